The van der Waals surface area contributed by atoms with Crippen LogP contribution in [0.5, 0.6) is 0 Å². The van der Waals surface area contributed by atoms with Gasteiger partial charge >= 0.3 is 17.9 Å². The summed E-state index contributed by atoms with van der Waals surface area (Å²) in [5.74, 6) is -1.68. The highest BCUT2D eigenvalue weighted by Gasteiger charge is 2.84. The normalized spacial score (nSPS) is 50.5. The Hall–Kier alpha value is -1.85. The van der Waals surface area contributed by atoms with Crippen LogP contribution in [0, 0.1) is 34.0 Å². The van der Waals surface area contributed by atoms with Gasteiger partial charge in [0, 0.05) is 18.8 Å². The second-order valence-electron chi connectivity index (χ2n) is 10.7. The number of rotatable bonds is 3. The van der Waals surface area contributed by atoms with Crippen LogP contribution in [0.4, 0.5) is 0 Å². The molecule has 0 unspecified atom stereocenters. The lowest BCUT2D eigenvalue weighted by atomic mass is 9.58. The smallest absolute Gasteiger partial charge is 0.316 e. The van der Waals surface area contributed by atoms with Crippen LogP contribution in [0.3, 0.4) is 0 Å². The summed E-state index contributed by atoms with van der Waals surface area (Å²) < 4.78 is 17.3. The molecule has 30 heavy (non-hydrogen) atoms. The molecule has 0 N–H and O–H groups in total. The number of carbonyl (C=O) groups is 3. The molecule has 0 aromatic carbocycles. The molecule has 6 nitrogen and oxygen atoms in total. The fraction of sp³-hybridized carbons (Fsp3) is 0.792. The molecule has 1 aliphatic heterocycles. The topological polar surface area (TPSA) is 78.9 Å². The van der Waals surface area contributed by atoms with Crippen molar-refractivity contribution in [3.05, 3.63) is 12.2 Å². The highest BCUT2D eigenvalue weighted by atomic mass is 16.6. The molecule has 0 aromatic rings. The number of allylic oxidation sites excluding steroid dienone is 1. The first-order valence-electron chi connectivity index (χ1n) is 11.3. The van der Waals surface area contributed by atoms with Crippen LogP contribution in [0.2, 0.25) is 0 Å². The number of ether oxygens (including phenoxy) is 3. The molecule has 8 atom stereocenters. The van der Waals surface area contributed by atoms with Gasteiger partial charge in [0.2, 0.25) is 0 Å². The molecule has 1 saturated heterocycles. The maximum Gasteiger partial charge on any atom is 0.316 e. The lowest BCUT2D eigenvalue weighted by molar-refractivity contribution is -0.169. The zero-order valence-corrected chi connectivity index (χ0v) is 18.4. The van der Waals surface area contributed by atoms with Crippen LogP contribution in [0.25, 0.3) is 0 Å². The first kappa shape index (κ1) is 20.1. The number of hydrogen-bond donors (Lipinski definition) is 0. The molecule has 6 heteroatoms. The van der Waals surface area contributed by atoms with E-state index in [0.717, 1.165) is 32.1 Å². The standard InChI is InChI=1S/C24H32O6/c1-6-22-9-7-15-23(12-22,11-13(22)2)17(19(26)28-5)18-21(4)16(29-14(3)25)8-10-24(15,18)30-20(21)27/h15-18H,2,6-12H2,1,3-5H3/t15-,16+,17-,18-,21+,22-,23+,24-/m1/s1. The number of fused-ring (bicyclic) bond motifs is 1. The highest BCUT2D eigenvalue weighted by molar-refractivity contribution is 5.86. The van der Waals surface area contributed by atoms with Crippen molar-refractivity contribution in [1.29, 1.82) is 0 Å². The lowest BCUT2D eigenvalue weighted by Gasteiger charge is -2.47. The molecule has 164 valence electrons. The first-order valence-corrected chi connectivity index (χ1v) is 11.3. The molecule has 4 aliphatic carbocycles. The van der Waals surface area contributed by atoms with Crippen LogP contribution in [0.15, 0.2) is 12.2 Å². The van der Waals surface area contributed by atoms with Crippen LogP contribution >= 0.6 is 0 Å². The third-order valence-electron chi connectivity index (χ3n) is 9.91. The minimum Gasteiger partial charge on any atom is -0.469 e. The van der Waals surface area contributed by atoms with E-state index in [0.29, 0.717) is 12.8 Å². The second-order valence-corrected chi connectivity index (χ2v) is 10.7. The SMILES string of the molecule is C=C1C[C@]23C[C@@]1(CC)CC[C@H]2[C@@]12CC[C@H](OC(C)=O)[C@](C)(C(=O)O1)[C@H]2[C@@H]3C(=O)OC. The van der Waals surface area contributed by atoms with Crippen molar-refractivity contribution in [1.82, 2.24) is 0 Å². The minimum absolute atomic E-state index is 0.0619. The molecule has 4 bridgehead atoms. The maximum absolute atomic E-state index is 13.4. The van der Waals surface area contributed by atoms with Crippen molar-refractivity contribution in [3.63, 3.8) is 0 Å². The van der Waals surface area contributed by atoms with Gasteiger partial charge in [-0.15, -0.1) is 0 Å². The Bertz CT molecular complexity index is 864. The number of methoxy groups -OCH3 is 1. The summed E-state index contributed by atoms with van der Waals surface area (Å²) in [5, 5.41) is 0. The Labute approximate surface area is 177 Å². The van der Waals surface area contributed by atoms with Crippen LogP contribution in [-0.4, -0.2) is 36.7 Å². The molecule has 5 aliphatic rings. The van der Waals surface area contributed by atoms with Gasteiger partial charge in [0.05, 0.1) is 13.0 Å². The van der Waals surface area contributed by atoms with E-state index in [1.807, 2.05) is 6.92 Å². The van der Waals surface area contributed by atoms with Crippen molar-refractivity contribution in [2.45, 2.75) is 77.4 Å². The van der Waals surface area contributed by atoms with E-state index in [9.17, 15) is 14.4 Å². The first-order chi connectivity index (χ1) is 14.1. The summed E-state index contributed by atoms with van der Waals surface area (Å²) in [6, 6.07) is 0. The predicted molar refractivity (Wildman–Crippen MR) is 107 cm³/mol. The van der Waals surface area contributed by atoms with E-state index >= 15 is 0 Å². The summed E-state index contributed by atoms with van der Waals surface area (Å²) in [7, 11) is 1.43. The van der Waals surface area contributed by atoms with Crippen molar-refractivity contribution < 1.29 is 28.6 Å². The molecule has 5 rings (SSSR count). The molecule has 4 saturated carbocycles. The molecule has 1 spiro atoms. The number of hydrogen-bond acceptors (Lipinski definition) is 6. The average Bonchev–Trinajstić information content (AvgIpc) is 3.14. The zero-order valence-electron chi connectivity index (χ0n) is 18.4. The second kappa shape index (κ2) is 5.89. The van der Waals surface area contributed by atoms with Crippen molar-refractivity contribution >= 4 is 17.9 Å². The molecule has 0 amide bonds. The van der Waals surface area contributed by atoms with E-state index in [4.69, 9.17) is 14.2 Å². The van der Waals surface area contributed by atoms with Gasteiger partial charge in [0.1, 0.15) is 17.1 Å². The Kier molecular flexibility index (Phi) is 3.94. The Morgan fingerprint density at radius 2 is 2.00 bits per heavy atom. The Morgan fingerprint density at radius 1 is 1.27 bits per heavy atom. The van der Waals surface area contributed by atoms with Gasteiger partial charge in [-0.05, 0) is 62.7 Å². The highest BCUT2D eigenvalue weighted by Crippen LogP contribution is 2.80. The molecule has 0 aromatic heterocycles. The van der Waals surface area contributed by atoms with Gasteiger partial charge in [-0.25, -0.2) is 0 Å². The summed E-state index contributed by atoms with van der Waals surface area (Å²) >= 11 is 0. The molecule has 5 fully saturated rings. The molecular weight excluding hydrogens is 384 g/mol. The maximum atomic E-state index is 13.4. The molecule has 1 heterocycles. The zero-order chi connectivity index (χ0) is 21.7. The van der Waals surface area contributed by atoms with Crippen LogP contribution in [-0.2, 0) is 28.6 Å². The van der Waals surface area contributed by atoms with Crippen molar-refractivity contribution in [2.24, 2.45) is 34.0 Å². The van der Waals surface area contributed by atoms with Gasteiger partial charge in [-0.3, -0.25) is 14.4 Å². The van der Waals surface area contributed by atoms with Crippen LogP contribution < -0.4 is 0 Å². The fourth-order valence-electron chi connectivity index (χ4n) is 8.82. The summed E-state index contributed by atoms with van der Waals surface area (Å²) in [6.07, 6.45) is 5.30. The summed E-state index contributed by atoms with van der Waals surface area (Å²) in [5.41, 5.74) is -0.706. The van der Waals surface area contributed by atoms with E-state index in [-0.39, 0.29) is 34.6 Å². The van der Waals surface area contributed by atoms with E-state index in [2.05, 4.69) is 13.5 Å². The fourth-order valence-corrected chi connectivity index (χ4v) is 8.82. The van der Waals surface area contributed by atoms with Crippen LogP contribution in [0.1, 0.15) is 65.7 Å². The van der Waals surface area contributed by atoms with Gasteiger partial charge in [-0.1, -0.05) is 19.1 Å². The van der Waals surface area contributed by atoms with Crippen molar-refractivity contribution in [3.8, 4) is 0 Å². The van der Waals surface area contributed by atoms with Gasteiger partial charge in [-0.2, -0.15) is 0 Å². The van der Waals surface area contributed by atoms with Crippen molar-refractivity contribution in [2.75, 3.05) is 7.11 Å². The van der Waals surface area contributed by atoms with Gasteiger partial charge in [0.25, 0.3) is 0 Å². The Balaban J connectivity index is 1.70. The van der Waals surface area contributed by atoms with E-state index in [1.54, 1.807) is 0 Å². The van der Waals surface area contributed by atoms with Gasteiger partial charge < -0.3 is 14.2 Å². The predicted octanol–water partition coefficient (Wildman–Crippen LogP) is 3.58. The lowest BCUT2D eigenvalue weighted by Crippen LogP contribution is -2.54. The monoisotopic (exact) mass is 416 g/mol. The third kappa shape index (κ3) is 1.99. The summed E-state index contributed by atoms with van der Waals surface area (Å²) in [4.78, 5) is 38.5. The van der Waals surface area contributed by atoms with E-state index < -0.39 is 29.0 Å². The number of esters is 3. The van der Waals surface area contributed by atoms with E-state index in [1.165, 1.54) is 19.6 Å². The Morgan fingerprint density at radius 3 is 2.63 bits per heavy atom. The molecule has 0 radical (unpaired) electrons. The summed E-state index contributed by atoms with van der Waals surface area (Å²) in [6.45, 7) is 9.87. The molecular formula is C24H32O6. The van der Waals surface area contributed by atoms with Gasteiger partial charge in [0.15, 0.2) is 0 Å². The average molecular weight is 417 g/mol. The third-order valence-corrected chi connectivity index (χ3v) is 9.91. The largest absolute Gasteiger partial charge is 0.469 e. The minimum atomic E-state index is -1.03. The quantitative estimate of drug-likeness (QED) is 0.398. The number of carbonyl (C=O) groups excluding carboxylic acids is 3.